The number of esters is 1. The van der Waals surface area contributed by atoms with Crippen molar-refractivity contribution in [1.29, 1.82) is 0 Å². The summed E-state index contributed by atoms with van der Waals surface area (Å²) in [5.74, 6) is -0.276. The largest absolute Gasteiger partial charge is 2.00 e. The second-order valence-corrected chi connectivity index (χ2v) is 2.01. The van der Waals surface area contributed by atoms with E-state index in [0.29, 0.717) is 12.2 Å². The molecule has 0 spiro atoms. The summed E-state index contributed by atoms with van der Waals surface area (Å²) in [6, 6.07) is 9.55. The van der Waals surface area contributed by atoms with Gasteiger partial charge in [0.15, 0.2) is 0 Å². The maximum atomic E-state index is 11.0. The number of carbonyl (C=O) groups is 1. The maximum absolute atomic E-state index is 11.0. The van der Waals surface area contributed by atoms with Gasteiger partial charge in [0.1, 0.15) is 0 Å². The van der Waals surface area contributed by atoms with Crippen LogP contribution in [0.25, 0.3) is 0 Å². The Hall–Kier alpha value is -0.254. The van der Waals surface area contributed by atoms with Gasteiger partial charge >= 0.3 is 29.0 Å². The second-order valence-electron chi connectivity index (χ2n) is 2.01. The molecule has 13 heavy (non-hydrogen) atoms. The van der Waals surface area contributed by atoms with E-state index in [2.05, 4.69) is 6.07 Å². The molecular formula is C9H9ClMgO2. The summed E-state index contributed by atoms with van der Waals surface area (Å²) in [6.07, 6.45) is 0. The molecule has 66 valence electrons. The summed E-state index contributed by atoms with van der Waals surface area (Å²) >= 11 is 0. The summed E-state index contributed by atoms with van der Waals surface area (Å²) in [7, 11) is 0. The van der Waals surface area contributed by atoms with E-state index in [9.17, 15) is 4.79 Å². The molecule has 0 fully saturated rings. The molecule has 1 aromatic rings. The van der Waals surface area contributed by atoms with Crippen LogP contribution in [-0.2, 0) is 4.74 Å². The first-order chi connectivity index (χ1) is 5.34. The van der Waals surface area contributed by atoms with Gasteiger partial charge in [0.2, 0.25) is 0 Å². The molecule has 0 amide bonds. The summed E-state index contributed by atoms with van der Waals surface area (Å²) in [4.78, 5) is 11.0. The van der Waals surface area contributed by atoms with Crippen molar-refractivity contribution in [2.24, 2.45) is 0 Å². The molecule has 1 aromatic carbocycles. The molecule has 0 aliphatic carbocycles. The van der Waals surface area contributed by atoms with E-state index in [0.717, 1.165) is 0 Å². The Balaban J connectivity index is 0. The van der Waals surface area contributed by atoms with Crippen molar-refractivity contribution in [1.82, 2.24) is 0 Å². The minimum absolute atomic E-state index is 0. The number of halogens is 1. The predicted octanol–water partition coefficient (Wildman–Crippen LogP) is -1.71. The van der Waals surface area contributed by atoms with Gasteiger partial charge in [0.25, 0.3) is 0 Å². The SMILES string of the molecule is CCOC(=O)c1cc[c-]cc1.[Cl-].[Mg+2]. The zero-order valence-electron chi connectivity index (χ0n) is 7.42. The summed E-state index contributed by atoms with van der Waals surface area (Å²) in [6.45, 7) is 2.20. The minimum Gasteiger partial charge on any atom is -1.00 e. The molecule has 0 aromatic heterocycles. The molecule has 4 heteroatoms. The maximum Gasteiger partial charge on any atom is 2.00 e. The third kappa shape index (κ3) is 5.13. The van der Waals surface area contributed by atoms with Crippen LogP contribution >= 0.6 is 0 Å². The van der Waals surface area contributed by atoms with E-state index >= 15 is 0 Å². The van der Waals surface area contributed by atoms with Gasteiger partial charge in [0.05, 0.1) is 6.61 Å². The van der Waals surface area contributed by atoms with Gasteiger partial charge in [0, 0.05) is 0 Å². The summed E-state index contributed by atoms with van der Waals surface area (Å²) in [5, 5.41) is 0. The number of hydrogen-bond acceptors (Lipinski definition) is 2. The molecule has 2 nitrogen and oxygen atoms in total. The van der Waals surface area contributed by atoms with Crippen molar-refractivity contribution < 1.29 is 21.9 Å². The van der Waals surface area contributed by atoms with Crippen molar-refractivity contribution >= 4 is 29.0 Å². The third-order valence-corrected chi connectivity index (χ3v) is 1.23. The summed E-state index contributed by atoms with van der Waals surface area (Å²) < 4.78 is 4.78. The number of benzene rings is 1. The third-order valence-electron chi connectivity index (χ3n) is 1.23. The molecule has 0 saturated heterocycles. The van der Waals surface area contributed by atoms with Crippen molar-refractivity contribution in [3.8, 4) is 0 Å². The van der Waals surface area contributed by atoms with Crippen LogP contribution < -0.4 is 12.4 Å². The van der Waals surface area contributed by atoms with Crippen molar-refractivity contribution in [2.75, 3.05) is 6.61 Å². The quantitative estimate of drug-likeness (QED) is 0.329. The molecular weight excluding hydrogens is 200 g/mol. The van der Waals surface area contributed by atoms with Gasteiger partial charge in [-0.1, -0.05) is 0 Å². The molecule has 0 bridgehead atoms. The molecule has 0 unspecified atom stereocenters. The van der Waals surface area contributed by atoms with Crippen molar-refractivity contribution in [2.45, 2.75) is 6.92 Å². The van der Waals surface area contributed by atoms with Crippen molar-refractivity contribution in [3.05, 3.63) is 35.9 Å². The molecule has 0 saturated carbocycles. The van der Waals surface area contributed by atoms with E-state index in [-0.39, 0.29) is 41.4 Å². The van der Waals surface area contributed by atoms with Crippen LogP contribution in [-0.4, -0.2) is 35.6 Å². The minimum atomic E-state index is -0.276. The summed E-state index contributed by atoms with van der Waals surface area (Å²) in [5.41, 5.74) is 0.575. The first kappa shape index (κ1) is 15.2. The number of carbonyl (C=O) groups excluding carboxylic acids is 1. The first-order valence-electron chi connectivity index (χ1n) is 3.48. The van der Waals surface area contributed by atoms with Crippen LogP contribution in [0.3, 0.4) is 0 Å². The van der Waals surface area contributed by atoms with Gasteiger partial charge in [-0.2, -0.15) is 30.3 Å². The predicted molar refractivity (Wildman–Crippen MR) is 47.0 cm³/mol. The van der Waals surface area contributed by atoms with Crippen molar-refractivity contribution in [3.63, 3.8) is 0 Å². The fourth-order valence-corrected chi connectivity index (χ4v) is 0.737. The molecule has 1 rings (SSSR count). The van der Waals surface area contributed by atoms with Gasteiger partial charge < -0.3 is 17.1 Å². The van der Waals surface area contributed by atoms with Gasteiger partial charge in [-0.25, -0.2) is 4.79 Å². The van der Waals surface area contributed by atoms with Crippen LogP contribution in [0.5, 0.6) is 0 Å². The van der Waals surface area contributed by atoms with E-state index in [1.165, 1.54) is 0 Å². The zero-order chi connectivity index (χ0) is 8.10. The standard InChI is InChI=1S/C9H9O2.ClH.Mg/c1-2-11-9(10)8-6-4-3-5-7-8;;/h4-7H,2H2,1H3;1H;/q-1;;+2/p-1. The molecule has 0 heterocycles. The molecule has 0 aliphatic rings. The molecule has 0 aliphatic heterocycles. The zero-order valence-corrected chi connectivity index (χ0v) is 9.59. The van der Waals surface area contributed by atoms with Crippen LogP contribution in [0.1, 0.15) is 17.3 Å². The normalized spacial score (nSPS) is 7.77. The van der Waals surface area contributed by atoms with Crippen LogP contribution in [0.15, 0.2) is 24.3 Å². The average molecular weight is 209 g/mol. The number of ether oxygens (including phenoxy) is 1. The first-order valence-corrected chi connectivity index (χ1v) is 3.48. The number of rotatable bonds is 2. The Morgan fingerprint density at radius 2 is 2.00 bits per heavy atom. The smallest absolute Gasteiger partial charge is 1.00 e. The van der Waals surface area contributed by atoms with Gasteiger partial charge in [-0.05, 0) is 12.5 Å². The Bertz CT molecular complexity index is 239. The monoisotopic (exact) mass is 208 g/mol. The Morgan fingerprint density at radius 3 is 2.46 bits per heavy atom. The van der Waals surface area contributed by atoms with E-state index in [4.69, 9.17) is 4.74 Å². The molecule has 0 N–H and O–H groups in total. The van der Waals surface area contributed by atoms with E-state index in [1.54, 1.807) is 31.2 Å². The Labute approximate surface area is 100 Å². The fourth-order valence-electron chi connectivity index (χ4n) is 0.737. The molecule has 0 atom stereocenters. The van der Waals surface area contributed by atoms with E-state index < -0.39 is 0 Å². The van der Waals surface area contributed by atoms with Gasteiger partial charge in [-0.15, -0.1) is 0 Å². The molecule has 0 radical (unpaired) electrons. The second kappa shape index (κ2) is 8.35. The number of hydrogen-bond donors (Lipinski definition) is 0. The van der Waals surface area contributed by atoms with Crippen LogP contribution in [0.4, 0.5) is 0 Å². The average Bonchev–Trinajstić information content (AvgIpc) is 2.07. The Kier molecular flexibility index (Phi) is 9.78. The Morgan fingerprint density at radius 1 is 1.46 bits per heavy atom. The topological polar surface area (TPSA) is 26.3 Å². The van der Waals surface area contributed by atoms with E-state index in [1.807, 2.05) is 0 Å². The van der Waals surface area contributed by atoms with Crippen LogP contribution in [0, 0.1) is 6.07 Å². The fraction of sp³-hybridized carbons (Fsp3) is 0.222. The van der Waals surface area contributed by atoms with Crippen LogP contribution in [0.2, 0.25) is 0 Å². The van der Waals surface area contributed by atoms with Gasteiger partial charge in [-0.3, -0.25) is 0 Å².